The molecule has 7 nitrogen and oxygen atoms in total. The van der Waals surface area contributed by atoms with Crippen molar-refractivity contribution < 1.29 is 28.2 Å². The van der Waals surface area contributed by atoms with E-state index in [0.29, 0.717) is 28.9 Å². The highest BCUT2D eigenvalue weighted by Gasteiger charge is 2.42. The van der Waals surface area contributed by atoms with Crippen LogP contribution in [0.4, 0.5) is 5.69 Å². The van der Waals surface area contributed by atoms with Gasteiger partial charge in [-0.3, -0.25) is 4.79 Å². The lowest BCUT2D eigenvalue weighted by molar-refractivity contribution is 0.0991. The standard InChI is InChI=1S/C30H37NO6.C2H6/c1-17-12-21-20(29(3,4)16-18(2)30(21,5)6)15-23(17)37-26-11-10-22(36-26)28(32)31-27-24(34-8)13-19(33-7)14-25(27)35-9;1-2/h10-15,18H,16H2,1-9H3,(H,31,32);1-2H3. The van der Waals surface area contributed by atoms with Crippen LogP contribution in [-0.4, -0.2) is 27.2 Å². The average Bonchev–Trinajstić information content (AvgIpc) is 3.38. The molecule has 0 radical (unpaired) electrons. The van der Waals surface area contributed by atoms with Gasteiger partial charge in [0.25, 0.3) is 11.9 Å². The van der Waals surface area contributed by atoms with Crippen molar-refractivity contribution in [3.63, 3.8) is 0 Å². The molecule has 0 bridgehead atoms. The zero-order valence-corrected chi connectivity index (χ0v) is 25.2. The Morgan fingerprint density at radius 3 is 2.08 bits per heavy atom. The van der Waals surface area contributed by atoms with E-state index in [9.17, 15) is 4.79 Å². The number of aryl methyl sites for hydroxylation is 1. The molecule has 7 heteroatoms. The van der Waals surface area contributed by atoms with Gasteiger partial charge in [-0.05, 0) is 58.9 Å². The van der Waals surface area contributed by atoms with Crippen LogP contribution in [0.1, 0.15) is 82.1 Å². The number of hydrogen-bond acceptors (Lipinski definition) is 6. The molecule has 0 saturated carbocycles. The largest absolute Gasteiger partial charge is 0.496 e. The highest BCUT2D eigenvalue weighted by atomic mass is 16.6. The zero-order valence-electron chi connectivity index (χ0n) is 25.2. The SMILES string of the molecule is CC.COc1cc(OC)c(NC(=O)c2ccc(Oc3cc4c(cc3C)C(C)(C)C(C)CC4(C)C)o2)c(OC)c1. The Balaban J connectivity index is 0.00000205. The van der Waals surface area contributed by atoms with E-state index < -0.39 is 5.91 Å². The Labute approximate surface area is 232 Å². The number of nitrogens with one attached hydrogen (secondary N) is 1. The van der Waals surface area contributed by atoms with Crippen molar-refractivity contribution in [3.8, 4) is 28.9 Å². The fourth-order valence-electron chi connectivity index (χ4n) is 5.20. The van der Waals surface area contributed by atoms with Crippen LogP contribution in [0.25, 0.3) is 0 Å². The fourth-order valence-corrected chi connectivity index (χ4v) is 5.20. The van der Waals surface area contributed by atoms with E-state index in [1.807, 2.05) is 20.8 Å². The molecule has 212 valence electrons. The first-order valence-corrected chi connectivity index (χ1v) is 13.5. The third-order valence-electron chi connectivity index (χ3n) is 7.76. The lowest BCUT2D eigenvalue weighted by Crippen LogP contribution is -2.40. The summed E-state index contributed by atoms with van der Waals surface area (Å²) >= 11 is 0. The number of anilines is 1. The second-order valence-corrected chi connectivity index (χ2v) is 11.0. The maximum absolute atomic E-state index is 13.0. The van der Waals surface area contributed by atoms with Crippen LogP contribution in [0.3, 0.4) is 0 Å². The van der Waals surface area contributed by atoms with Crippen molar-refractivity contribution in [2.45, 2.75) is 72.6 Å². The number of carbonyl (C=O) groups is 1. The lowest BCUT2D eigenvalue weighted by atomic mass is 9.58. The highest BCUT2D eigenvalue weighted by molar-refractivity contribution is 6.04. The van der Waals surface area contributed by atoms with Gasteiger partial charge in [0.15, 0.2) is 5.76 Å². The summed E-state index contributed by atoms with van der Waals surface area (Å²) in [6.45, 7) is 17.6. The van der Waals surface area contributed by atoms with E-state index in [1.54, 1.807) is 31.4 Å². The van der Waals surface area contributed by atoms with Crippen LogP contribution in [0.15, 0.2) is 40.8 Å². The number of ether oxygens (including phenoxy) is 4. The molecule has 0 fully saturated rings. The normalized spacial score (nSPS) is 16.7. The Morgan fingerprint density at radius 1 is 0.897 bits per heavy atom. The summed E-state index contributed by atoms with van der Waals surface area (Å²) in [5.41, 5.74) is 4.16. The van der Waals surface area contributed by atoms with Gasteiger partial charge in [-0.25, -0.2) is 0 Å². The summed E-state index contributed by atoms with van der Waals surface area (Å²) in [5, 5.41) is 2.81. The van der Waals surface area contributed by atoms with Crippen LogP contribution >= 0.6 is 0 Å². The second-order valence-electron chi connectivity index (χ2n) is 11.0. The van der Waals surface area contributed by atoms with E-state index in [0.717, 1.165) is 17.7 Å². The predicted molar refractivity (Wildman–Crippen MR) is 155 cm³/mol. The molecule has 1 unspecified atom stereocenters. The number of amides is 1. The van der Waals surface area contributed by atoms with E-state index in [1.165, 1.54) is 25.3 Å². The molecule has 0 spiro atoms. The molecule has 0 aliphatic heterocycles. The number of rotatable bonds is 7. The fraction of sp³-hybridized carbons (Fsp3) is 0.469. The molecular formula is C32H43NO6. The van der Waals surface area contributed by atoms with E-state index >= 15 is 0 Å². The molecule has 4 rings (SSSR count). The Bertz CT molecular complexity index is 1300. The second kappa shape index (κ2) is 11.6. The van der Waals surface area contributed by atoms with Gasteiger partial charge in [-0.2, -0.15) is 0 Å². The molecule has 2 aromatic carbocycles. The monoisotopic (exact) mass is 537 g/mol. The molecule has 1 N–H and O–H groups in total. The smallest absolute Gasteiger partial charge is 0.291 e. The summed E-state index contributed by atoms with van der Waals surface area (Å²) < 4.78 is 28.0. The minimum Gasteiger partial charge on any atom is -0.496 e. The van der Waals surface area contributed by atoms with E-state index in [-0.39, 0.29) is 22.5 Å². The van der Waals surface area contributed by atoms with Crippen molar-refractivity contribution in [2.24, 2.45) is 5.92 Å². The van der Waals surface area contributed by atoms with Crippen LogP contribution < -0.4 is 24.3 Å². The first-order valence-electron chi connectivity index (χ1n) is 13.5. The average molecular weight is 538 g/mol. The highest BCUT2D eigenvalue weighted by Crippen LogP contribution is 2.50. The maximum Gasteiger partial charge on any atom is 0.291 e. The number of furan rings is 1. The van der Waals surface area contributed by atoms with E-state index in [4.69, 9.17) is 23.4 Å². The van der Waals surface area contributed by atoms with Gasteiger partial charge in [-0.15, -0.1) is 0 Å². The zero-order chi connectivity index (χ0) is 29.1. The van der Waals surface area contributed by atoms with Gasteiger partial charge in [0.1, 0.15) is 28.7 Å². The molecule has 1 atom stereocenters. The maximum atomic E-state index is 13.0. The van der Waals surface area contributed by atoms with Crippen LogP contribution in [-0.2, 0) is 10.8 Å². The molecule has 1 heterocycles. The Morgan fingerprint density at radius 2 is 1.51 bits per heavy atom. The number of hydrogen-bond donors (Lipinski definition) is 1. The van der Waals surface area contributed by atoms with Crippen LogP contribution in [0, 0.1) is 12.8 Å². The van der Waals surface area contributed by atoms with Gasteiger partial charge in [0.2, 0.25) is 0 Å². The molecule has 1 aliphatic rings. The summed E-state index contributed by atoms with van der Waals surface area (Å²) in [5.74, 6) is 2.50. The Hall–Kier alpha value is -3.61. The quantitative estimate of drug-likeness (QED) is 0.327. The predicted octanol–water partition coefficient (Wildman–Crippen LogP) is 8.28. The molecule has 0 saturated heterocycles. The van der Waals surface area contributed by atoms with Crippen molar-refractivity contribution in [3.05, 3.63) is 58.8 Å². The topological polar surface area (TPSA) is 79.2 Å². The number of fused-ring (bicyclic) bond motifs is 1. The minimum atomic E-state index is -0.462. The molecular weight excluding hydrogens is 494 g/mol. The lowest BCUT2D eigenvalue weighted by Gasteiger charge is -2.46. The third-order valence-corrected chi connectivity index (χ3v) is 7.76. The Kier molecular flexibility index (Phi) is 8.94. The van der Waals surface area contributed by atoms with Crippen molar-refractivity contribution in [2.75, 3.05) is 26.6 Å². The van der Waals surface area contributed by atoms with Crippen LogP contribution in [0.2, 0.25) is 0 Å². The van der Waals surface area contributed by atoms with Crippen molar-refractivity contribution >= 4 is 11.6 Å². The summed E-state index contributed by atoms with van der Waals surface area (Å²) in [6.07, 6.45) is 1.10. The number of carbonyl (C=O) groups excluding carboxylic acids is 1. The summed E-state index contributed by atoms with van der Waals surface area (Å²) in [4.78, 5) is 13.0. The van der Waals surface area contributed by atoms with Gasteiger partial charge in [0, 0.05) is 18.2 Å². The number of methoxy groups -OCH3 is 3. The molecule has 1 amide bonds. The van der Waals surface area contributed by atoms with Gasteiger partial charge in [-0.1, -0.05) is 54.5 Å². The van der Waals surface area contributed by atoms with Crippen molar-refractivity contribution in [1.82, 2.24) is 0 Å². The molecule has 1 aliphatic carbocycles. The van der Waals surface area contributed by atoms with Gasteiger partial charge < -0.3 is 28.7 Å². The minimum absolute atomic E-state index is 0.0285. The van der Waals surface area contributed by atoms with Gasteiger partial charge >= 0.3 is 0 Å². The van der Waals surface area contributed by atoms with Crippen LogP contribution in [0.5, 0.6) is 28.9 Å². The summed E-state index contributed by atoms with van der Waals surface area (Å²) in [7, 11) is 4.56. The number of benzene rings is 2. The summed E-state index contributed by atoms with van der Waals surface area (Å²) in [6, 6.07) is 10.9. The molecule has 1 aromatic heterocycles. The first kappa shape index (κ1) is 29.9. The van der Waals surface area contributed by atoms with Crippen molar-refractivity contribution in [1.29, 1.82) is 0 Å². The molecule has 3 aromatic rings. The molecule has 39 heavy (non-hydrogen) atoms. The van der Waals surface area contributed by atoms with E-state index in [2.05, 4.69) is 52.1 Å². The van der Waals surface area contributed by atoms with Gasteiger partial charge in [0.05, 0.1) is 21.3 Å². The third kappa shape index (κ3) is 5.87. The first-order chi connectivity index (χ1) is 18.4.